The van der Waals surface area contributed by atoms with Gasteiger partial charge in [0.25, 0.3) is 0 Å². The van der Waals surface area contributed by atoms with Crippen molar-refractivity contribution in [2.24, 2.45) is 0 Å². The molecular weight excluding hydrogens is 174 g/mol. The molecular formula is C11H21N3. The Bertz CT molecular complexity index is 270. The van der Waals surface area contributed by atoms with Crippen LogP contribution in [0.5, 0.6) is 0 Å². The summed E-state index contributed by atoms with van der Waals surface area (Å²) in [4.78, 5) is 4.34. The normalized spacial score (nSPS) is 12.0. The monoisotopic (exact) mass is 195 g/mol. The largest absolute Gasteiger partial charge is 0.334 e. The van der Waals surface area contributed by atoms with Crippen LogP contribution in [0.4, 0.5) is 0 Å². The number of imidazole rings is 1. The lowest BCUT2D eigenvalue weighted by molar-refractivity contribution is 0.411. The van der Waals surface area contributed by atoms with Crippen molar-refractivity contribution in [3.63, 3.8) is 0 Å². The minimum atomic E-state index is 0.156. The molecule has 0 atom stereocenters. The molecule has 0 aliphatic rings. The van der Waals surface area contributed by atoms with Gasteiger partial charge in [-0.3, -0.25) is 0 Å². The summed E-state index contributed by atoms with van der Waals surface area (Å²) in [5.74, 6) is 1.13. The zero-order valence-electron chi connectivity index (χ0n) is 9.67. The van der Waals surface area contributed by atoms with Crippen LogP contribution in [0, 0.1) is 0 Å². The van der Waals surface area contributed by atoms with E-state index in [1.54, 1.807) is 0 Å². The number of aromatic nitrogens is 2. The molecule has 3 nitrogen and oxygen atoms in total. The van der Waals surface area contributed by atoms with Crippen LogP contribution in [0.3, 0.4) is 0 Å². The van der Waals surface area contributed by atoms with Crippen molar-refractivity contribution in [2.45, 2.75) is 52.7 Å². The summed E-state index contributed by atoms with van der Waals surface area (Å²) in [7, 11) is 0. The highest BCUT2D eigenvalue weighted by Crippen LogP contribution is 2.03. The summed E-state index contributed by atoms with van der Waals surface area (Å²) >= 11 is 0. The van der Waals surface area contributed by atoms with E-state index in [9.17, 15) is 0 Å². The van der Waals surface area contributed by atoms with Crippen LogP contribution in [0.25, 0.3) is 0 Å². The van der Waals surface area contributed by atoms with E-state index in [4.69, 9.17) is 0 Å². The Labute approximate surface area is 86.5 Å². The van der Waals surface area contributed by atoms with E-state index in [1.165, 1.54) is 0 Å². The van der Waals surface area contributed by atoms with Gasteiger partial charge in [-0.1, -0.05) is 6.92 Å². The Morgan fingerprint density at radius 3 is 2.71 bits per heavy atom. The lowest BCUT2D eigenvalue weighted by Crippen LogP contribution is -2.35. The second-order valence-electron chi connectivity index (χ2n) is 4.64. The van der Waals surface area contributed by atoms with Crippen molar-refractivity contribution in [2.75, 3.05) is 0 Å². The van der Waals surface area contributed by atoms with Crippen molar-refractivity contribution in [1.82, 2.24) is 14.9 Å². The first kappa shape index (κ1) is 11.2. The highest BCUT2D eigenvalue weighted by molar-refractivity contribution is 4.93. The molecule has 1 rings (SSSR count). The number of aryl methyl sites for hydroxylation is 1. The lowest BCUT2D eigenvalue weighted by Gasteiger charge is -2.20. The van der Waals surface area contributed by atoms with Crippen molar-refractivity contribution >= 4 is 0 Å². The van der Waals surface area contributed by atoms with Gasteiger partial charge in [0.1, 0.15) is 5.82 Å². The third kappa shape index (κ3) is 3.50. The van der Waals surface area contributed by atoms with Crippen LogP contribution in [0.15, 0.2) is 12.4 Å². The molecule has 0 spiro atoms. The molecule has 0 saturated heterocycles. The van der Waals surface area contributed by atoms with Gasteiger partial charge in [-0.15, -0.1) is 0 Å². The van der Waals surface area contributed by atoms with Crippen LogP contribution >= 0.6 is 0 Å². The van der Waals surface area contributed by atoms with E-state index < -0.39 is 0 Å². The average Bonchev–Trinajstić information content (AvgIpc) is 2.48. The van der Waals surface area contributed by atoms with Crippen molar-refractivity contribution in [3.8, 4) is 0 Å². The number of hydrogen-bond donors (Lipinski definition) is 1. The van der Waals surface area contributed by atoms with E-state index in [1.807, 2.05) is 12.4 Å². The summed E-state index contributed by atoms with van der Waals surface area (Å²) in [6, 6.07) is 0. The fourth-order valence-electron chi connectivity index (χ4n) is 1.30. The third-order valence-electron chi connectivity index (χ3n) is 2.04. The first-order chi connectivity index (χ1) is 6.53. The molecule has 0 unspecified atom stereocenters. The Balaban J connectivity index is 2.53. The zero-order valence-corrected chi connectivity index (χ0v) is 9.67. The van der Waals surface area contributed by atoms with Crippen LogP contribution in [0.1, 0.15) is 39.9 Å². The van der Waals surface area contributed by atoms with Crippen molar-refractivity contribution < 1.29 is 0 Å². The predicted molar refractivity (Wildman–Crippen MR) is 59.1 cm³/mol. The summed E-state index contributed by atoms with van der Waals surface area (Å²) in [6.07, 6.45) is 5.07. The van der Waals surface area contributed by atoms with Gasteiger partial charge in [-0.25, -0.2) is 4.98 Å². The maximum Gasteiger partial charge on any atom is 0.122 e. The SMILES string of the molecule is CCCn1ccnc1CNC(C)(C)C. The number of rotatable bonds is 4. The van der Waals surface area contributed by atoms with Gasteiger partial charge >= 0.3 is 0 Å². The van der Waals surface area contributed by atoms with Gasteiger partial charge in [0.15, 0.2) is 0 Å². The summed E-state index contributed by atoms with van der Waals surface area (Å²) in [5, 5.41) is 3.44. The molecule has 1 heterocycles. The molecule has 80 valence electrons. The first-order valence-electron chi connectivity index (χ1n) is 5.28. The second-order valence-corrected chi connectivity index (χ2v) is 4.64. The Hall–Kier alpha value is -0.830. The lowest BCUT2D eigenvalue weighted by atomic mass is 10.1. The maximum atomic E-state index is 4.34. The van der Waals surface area contributed by atoms with Gasteiger partial charge in [0.05, 0.1) is 6.54 Å². The smallest absolute Gasteiger partial charge is 0.122 e. The quantitative estimate of drug-likeness (QED) is 0.798. The molecule has 3 heteroatoms. The van der Waals surface area contributed by atoms with Crippen molar-refractivity contribution in [1.29, 1.82) is 0 Å². The Morgan fingerprint density at radius 2 is 2.14 bits per heavy atom. The van der Waals surface area contributed by atoms with E-state index >= 15 is 0 Å². The molecule has 0 radical (unpaired) electrons. The molecule has 0 aromatic carbocycles. The number of nitrogens with zero attached hydrogens (tertiary/aromatic N) is 2. The standard InChI is InChI=1S/C11H21N3/c1-5-7-14-8-6-12-10(14)9-13-11(2,3)4/h6,8,13H,5,7,9H2,1-4H3. The summed E-state index contributed by atoms with van der Waals surface area (Å²) < 4.78 is 2.21. The molecule has 1 aromatic rings. The fourth-order valence-corrected chi connectivity index (χ4v) is 1.30. The van der Waals surface area contributed by atoms with Gasteiger partial charge in [-0.2, -0.15) is 0 Å². The summed E-state index contributed by atoms with van der Waals surface area (Å²) in [5.41, 5.74) is 0.156. The van der Waals surface area contributed by atoms with Gasteiger partial charge < -0.3 is 9.88 Å². The molecule has 1 N–H and O–H groups in total. The third-order valence-corrected chi connectivity index (χ3v) is 2.04. The van der Waals surface area contributed by atoms with Crippen molar-refractivity contribution in [3.05, 3.63) is 18.2 Å². The minimum Gasteiger partial charge on any atom is -0.334 e. The molecule has 0 amide bonds. The van der Waals surface area contributed by atoms with Crippen LogP contribution in [0.2, 0.25) is 0 Å². The van der Waals surface area contributed by atoms with E-state index in [0.717, 1.165) is 25.3 Å². The highest BCUT2D eigenvalue weighted by atomic mass is 15.1. The Kier molecular flexibility index (Phi) is 3.69. The van der Waals surface area contributed by atoms with Gasteiger partial charge in [0.2, 0.25) is 0 Å². The predicted octanol–water partition coefficient (Wildman–Crippen LogP) is 2.18. The zero-order chi connectivity index (χ0) is 10.6. The second kappa shape index (κ2) is 4.60. The van der Waals surface area contributed by atoms with Gasteiger partial charge in [0, 0.05) is 24.5 Å². The highest BCUT2D eigenvalue weighted by Gasteiger charge is 2.10. The topological polar surface area (TPSA) is 29.9 Å². The average molecular weight is 195 g/mol. The van der Waals surface area contributed by atoms with E-state index in [0.29, 0.717) is 0 Å². The molecule has 0 saturated carbocycles. The maximum absolute atomic E-state index is 4.34. The molecule has 0 aliphatic heterocycles. The molecule has 14 heavy (non-hydrogen) atoms. The number of nitrogens with one attached hydrogen (secondary N) is 1. The van der Waals surface area contributed by atoms with E-state index in [-0.39, 0.29) is 5.54 Å². The molecule has 0 fully saturated rings. The Morgan fingerprint density at radius 1 is 1.43 bits per heavy atom. The fraction of sp³-hybridized carbons (Fsp3) is 0.727. The molecule has 0 aliphatic carbocycles. The van der Waals surface area contributed by atoms with E-state index in [2.05, 4.69) is 42.6 Å². The van der Waals surface area contributed by atoms with Gasteiger partial charge in [-0.05, 0) is 27.2 Å². The first-order valence-corrected chi connectivity index (χ1v) is 5.28. The molecule has 1 aromatic heterocycles. The molecule has 0 bridgehead atoms. The van der Waals surface area contributed by atoms with Crippen LogP contribution in [-0.2, 0) is 13.1 Å². The van der Waals surface area contributed by atoms with Crippen LogP contribution in [-0.4, -0.2) is 15.1 Å². The minimum absolute atomic E-state index is 0.156. The summed E-state index contributed by atoms with van der Waals surface area (Å²) in [6.45, 7) is 10.6. The number of hydrogen-bond acceptors (Lipinski definition) is 2. The van der Waals surface area contributed by atoms with Crippen LogP contribution < -0.4 is 5.32 Å².